The van der Waals surface area contributed by atoms with Crippen LogP contribution in [0.1, 0.15) is 60.8 Å². The minimum Gasteiger partial charge on any atom is -0.355 e. The molecule has 18 nitrogen and oxygen atoms in total. The number of nitrogens with two attached hydrogens (primary N) is 3. The lowest BCUT2D eigenvalue weighted by Crippen LogP contribution is -2.58. The molecule has 0 saturated heterocycles. The Morgan fingerprint density at radius 1 is 0.543 bits per heavy atom. The SMILES string of the molecule is CCNC(=O)C(C)NC(=O)C(CCN)NC(=O)C(CCN)NC(=O)C(C)NC(=O)CNC(=O)C(CCN)NC(=O)CNC(C)(C)C. The van der Waals surface area contributed by atoms with Crippen molar-refractivity contribution in [2.75, 3.05) is 39.3 Å². The second kappa shape index (κ2) is 21.8. The van der Waals surface area contributed by atoms with Crippen LogP contribution in [0.5, 0.6) is 0 Å². The lowest BCUT2D eigenvalue weighted by atomic mass is 10.1. The Balaban J connectivity index is 5.13. The average molecular weight is 658 g/mol. The largest absolute Gasteiger partial charge is 0.355 e. The first-order chi connectivity index (χ1) is 21.5. The van der Waals surface area contributed by atoms with Crippen molar-refractivity contribution in [2.24, 2.45) is 17.2 Å². The van der Waals surface area contributed by atoms with Crippen LogP contribution in [0.3, 0.4) is 0 Å². The molecule has 14 N–H and O–H groups in total. The van der Waals surface area contributed by atoms with Crippen LogP contribution in [0.2, 0.25) is 0 Å². The molecule has 0 aromatic rings. The highest BCUT2D eigenvalue weighted by molar-refractivity contribution is 5.96. The summed E-state index contributed by atoms with van der Waals surface area (Å²) in [7, 11) is 0. The number of hydrogen-bond acceptors (Lipinski definition) is 11. The van der Waals surface area contributed by atoms with E-state index in [2.05, 4.69) is 42.5 Å². The molecule has 0 saturated carbocycles. The summed E-state index contributed by atoms with van der Waals surface area (Å²) in [5, 5.41) is 20.6. The molecule has 7 amide bonds. The number of likely N-dealkylation sites (N-methyl/N-ethyl adjacent to an activating group) is 1. The topological polar surface area (TPSA) is 294 Å². The van der Waals surface area contributed by atoms with Gasteiger partial charge in [-0.2, -0.15) is 0 Å². The van der Waals surface area contributed by atoms with Crippen molar-refractivity contribution in [2.45, 2.75) is 96.6 Å². The van der Waals surface area contributed by atoms with E-state index >= 15 is 0 Å². The van der Waals surface area contributed by atoms with Crippen LogP contribution in [-0.4, -0.2) is 116 Å². The molecule has 0 aliphatic rings. The maximum absolute atomic E-state index is 13.0. The zero-order valence-corrected chi connectivity index (χ0v) is 27.8. The highest BCUT2D eigenvalue weighted by Gasteiger charge is 2.29. The normalized spacial score (nSPS) is 14.4. The smallest absolute Gasteiger partial charge is 0.243 e. The molecule has 0 heterocycles. The first-order valence-electron chi connectivity index (χ1n) is 15.4. The summed E-state index contributed by atoms with van der Waals surface area (Å²) >= 11 is 0. The van der Waals surface area contributed by atoms with E-state index in [1.54, 1.807) is 6.92 Å². The molecule has 0 fully saturated rings. The van der Waals surface area contributed by atoms with Crippen LogP contribution < -0.4 is 59.7 Å². The van der Waals surface area contributed by atoms with Crippen LogP contribution in [0.15, 0.2) is 0 Å². The van der Waals surface area contributed by atoms with Crippen molar-refractivity contribution >= 4 is 41.4 Å². The van der Waals surface area contributed by atoms with Crippen molar-refractivity contribution in [3.63, 3.8) is 0 Å². The van der Waals surface area contributed by atoms with E-state index in [1.807, 2.05) is 20.8 Å². The van der Waals surface area contributed by atoms with E-state index in [0.29, 0.717) is 6.54 Å². The third kappa shape index (κ3) is 17.6. The van der Waals surface area contributed by atoms with Crippen LogP contribution in [0.25, 0.3) is 0 Å². The summed E-state index contributed by atoms with van der Waals surface area (Å²) in [6.07, 6.45) is 0.212. The fourth-order valence-electron chi connectivity index (χ4n) is 3.82. The fourth-order valence-corrected chi connectivity index (χ4v) is 3.82. The van der Waals surface area contributed by atoms with Crippen LogP contribution in [0, 0.1) is 0 Å². The van der Waals surface area contributed by atoms with E-state index in [9.17, 15) is 33.6 Å². The molecule has 0 aliphatic heterocycles. The Bertz CT molecular complexity index is 1040. The van der Waals surface area contributed by atoms with Crippen LogP contribution >= 0.6 is 0 Å². The van der Waals surface area contributed by atoms with Gasteiger partial charge in [0.25, 0.3) is 0 Å². The highest BCUT2D eigenvalue weighted by Crippen LogP contribution is 2.00. The van der Waals surface area contributed by atoms with Crippen LogP contribution in [0.4, 0.5) is 0 Å². The van der Waals surface area contributed by atoms with Gasteiger partial charge < -0.3 is 59.7 Å². The molecule has 46 heavy (non-hydrogen) atoms. The van der Waals surface area contributed by atoms with Gasteiger partial charge in [0.05, 0.1) is 13.1 Å². The Morgan fingerprint density at radius 3 is 1.46 bits per heavy atom. The molecule has 0 aromatic heterocycles. The zero-order valence-electron chi connectivity index (χ0n) is 27.8. The lowest BCUT2D eigenvalue weighted by molar-refractivity contribution is -0.134. The summed E-state index contributed by atoms with van der Waals surface area (Å²) in [6.45, 7) is 10.3. The number of hydrogen-bond donors (Lipinski definition) is 11. The summed E-state index contributed by atoms with van der Waals surface area (Å²) < 4.78 is 0. The third-order valence-corrected chi connectivity index (χ3v) is 6.36. The summed E-state index contributed by atoms with van der Waals surface area (Å²) in [5.74, 6) is -4.22. The van der Waals surface area contributed by atoms with E-state index in [0.717, 1.165) is 0 Å². The Labute approximate surface area is 270 Å². The molecular formula is C28H55N11O7. The second-order valence-corrected chi connectivity index (χ2v) is 11.7. The Kier molecular flexibility index (Phi) is 20.0. The summed E-state index contributed by atoms with van der Waals surface area (Å²) in [4.78, 5) is 87.9. The first-order valence-corrected chi connectivity index (χ1v) is 15.4. The maximum Gasteiger partial charge on any atom is 0.243 e. The van der Waals surface area contributed by atoms with Gasteiger partial charge in [-0.15, -0.1) is 0 Å². The minimum atomic E-state index is -1.15. The molecule has 18 heteroatoms. The predicted molar refractivity (Wildman–Crippen MR) is 171 cm³/mol. The van der Waals surface area contributed by atoms with Gasteiger partial charge >= 0.3 is 0 Å². The third-order valence-electron chi connectivity index (χ3n) is 6.36. The van der Waals surface area contributed by atoms with Crippen molar-refractivity contribution < 1.29 is 33.6 Å². The van der Waals surface area contributed by atoms with Gasteiger partial charge in [-0.3, -0.25) is 33.6 Å². The van der Waals surface area contributed by atoms with E-state index in [1.165, 1.54) is 13.8 Å². The minimum absolute atomic E-state index is 0.0138. The molecule has 264 valence electrons. The summed E-state index contributed by atoms with van der Waals surface area (Å²) in [6, 6.07) is -5.19. The number of carbonyl (C=O) groups excluding carboxylic acids is 7. The summed E-state index contributed by atoms with van der Waals surface area (Å²) in [5.41, 5.74) is 16.5. The molecule has 0 aliphatic carbocycles. The van der Waals surface area contributed by atoms with Gasteiger partial charge in [-0.25, -0.2) is 0 Å². The first kappa shape index (κ1) is 42.1. The molecule has 5 atom stereocenters. The predicted octanol–water partition coefficient (Wildman–Crippen LogP) is -4.86. The van der Waals surface area contributed by atoms with Gasteiger partial charge in [-0.05, 0) is 80.4 Å². The average Bonchev–Trinajstić information content (AvgIpc) is 2.97. The number of amides is 7. The van der Waals surface area contributed by atoms with Gasteiger partial charge in [0.1, 0.15) is 30.2 Å². The van der Waals surface area contributed by atoms with E-state index in [4.69, 9.17) is 17.2 Å². The molecule has 0 spiro atoms. The molecule has 5 unspecified atom stereocenters. The standard InChI is InChI=1S/C28H55N11O7/c1-7-32-23(42)16(2)36-26(45)19(9-12-30)39-27(46)20(10-13-31)38-24(43)17(3)35-21(40)14-33-25(44)18(8-11-29)37-22(41)15-34-28(4,5)6/h16-20,34H,7-15,29-31H2,1-6H3,(H,32,42)(H,33,44)(H,35,40)(H,36,45)(H,37,41)(H,38,43)(H,39,46). The number of rotatable bonds is 21. The van der Waals surface area contributed by atoms with Crippen molar-refractivity contribution in [3.05, 3.63) is 0 Å². The van der Waals surface area contributed by atoms with Gasteiger partial charge in [0.2, 0.25) is 41.4 Å². The van der Waals surface area contributed by atoms with E-state index < -0.39 is 78.1 Å². The lowest BCUT2D eigenvalue weighted by Gasteiger charge is -2.25. The monoisotopic (exact) mass is 657 g/mol. The van der Waals surface area contributed by atoms with Gasteiger partial charge in [0.15, 0.2) is 0 Å². The van der Waals surface area contributed by atoms with Crippen molar-refractivity contribution in [3.8, 4) is 0 Å². The van der Waals surface area contributed by atoms with Crippen molar-refractivity contribution in [1.29, 1.82) is 0 Å². The molecule has 0 radical (unpaired) electrons. The molecule has 0 aromatic carbocycles. The number of carbonyl (C=O) groups is 7. The Hall–Kier alpha value is -3.87. The van der Waals surface area contributed by atoms with E-state index in [-0.39, 0.29) is 51.0 Å². The van der Waals surface area contributed by atoms with Crippen molar-refractivity contribution in [1.82, 2.24) is 42.5 Å². The number of nitrogens with one attached hydrogen (secondary N) is 8. The highest BCUT2D eigenvalue weighted by atomic mass is 16.2. The second-order valence-electron chi connectivity index (χ2n) is 11.7. The molecule has 0 rings (SSSR count). The molecule has 0 bridgehead atoms. The fraction of sp³-hybridized carbons (Fsp3) is 0.750. The maximum atomic E-state index is 13.0. The van der Waals surface area contributed by atoms with Crippen LogP contribution in [-0.2, 0) is 33.6 Å². The quantitative estimate of drug-likeness (QED) is 0.0556. The van der Waals surface area contributed by atoms with Gasteiger partial charge in [-0.1, -0.05) is 0 Å². The Morgan fingerprint density at radius 2 is 0.978 bits per heavy atom. The molecular weight excluding hydrogens is 602 g/mol. The zero-order chi connectivity index (χ0) is 35.4. The van der Waals surface area contributed by atoms with Gasteiger partial charge in [0, 0.05) is 12.1 Å².